The number of rotatable bonds is 20. The minimum absolute atomic E-state index is 0.0209. The second kappa shape index (κ2) is 19.1. The molecule has 0 N–H and O–H groups in total. The van der Waals surface area contributed by atoms with Gasteiger partial charge >= 0.3 is 0 Å². The summed E-state index contributed by atoms with van der Waals surface area (Å²) in [4.78, 5) is 0. The third-order valence-corrected chi connectivity index (χ3v) is 6.98. The van der Waals surface area contributed by atoms with E-state index in [0.717, 1.165) is 0 Å². The molecule has 0 spiro atoms. The van der Waals surface area contributed by atoms with E-state index in [1.54, 1.807) is 0 Å². The van der Waals surface area contributed by atoms with Crippen molar-refractivity contribution in [1.29, 1.82) is 0 Å². The fourth-order valence-corrected chi connectivity index (χ4v) is 5.55. The molecule has 0 aromatic carbocycles. The van der Waals surface area contributed by atoms with E-state index in [9.17, 15) is 0 Å². The standard InChI is InChI=1S/C35H68O11/c1-19(2)36-17-27-28(38-21(5)6)29(39-22(7)8)30(40-23(9)10)33(44-27)45-35(18-37-20(3)4)32(42-25(13)14)31(41-24(11)12)34(46-35)43-26(15)16/h19-34H,17-18H2,1-16H3. The van der Waals surface area contributed by atoms with Crippen LogP contribution in [-0.2, 0) is 52.1 Å². The largest absolute Gasteiger partial charge is 0.376 e. The van der Waals surface area contributed by atoms with Gasteiger partial charge < -0.3 is 52.1 Å². The van der Waals surface area contributed by atoms with Gasteiger partial charge in [-0.1, -0.05) is 0 Å². The van der Waals surface area contributed by atoms with Crippen molar-refractivity contribution in [1.82, 2.24) is 0 Å². The zero-order valence-electron chi connectivity index (χ0n) is 31.6. The lowest BCUT2D eigenvalue weighted by Gasteiger charge is -2.49. The van der Waals surface area contributed by atoms with Crippen LogP contribution in [0, 0.1) is 0 Å². The van der Waals surface area contributed by atoms with E-state index in [2.05, 4.69) is 0 Å². The molecule has 0 radical (unpaired) electrons. The van der Waals surface area contributed by atoms with Crippen LogP contribution in [0.5, 0.6) is 0 Å². The molecule has 0 aromatic heterocycles. The molecule has 0 amide bonds. The summed E-state index contributed by atoms with van der Waals surface area (Å²) in [6.45, 7) is 31.9. The van der Waals surface area contributed by atoms with Crippen LogP contribution in [0.1, 0.15) is 111 Å². The molecule has 2 fully saturated rings. The highest BCUT2D eigenvalue weighted by Gasteiger charge is 2.63. The normalized spacial score (nSPS) is 32.6. The first-order valence-corrected chi connectivity index (χ1v) is 17.5. The van der Waals surface area contributed by atoms with E-state index in [1.165, 1.54) is 0 Å². The van der Waals surface area contributed by atoms with Gasteiger partial charge in [-0.25, -0.2) is 0 Å². The molecular weight excluding hydrogens is 596 g/mol. The van der Waals surface area contributed by atoms with Gasteiger partial charge in [-0.2, -0.15) is 0 Å². The molecule has 2 aliphatic heterocycles. The lowest BCUT2D eigenvalue weighted by molar-refractivity contribution is -0.408. The third kappa shape index (κ3) is 12.8. The van der Waals surface area contributed by atoms with Crippen LogP contribution in [-0.4, -0.2) is 117 Å². The highest BCUT2D eigenvalue weighted by atomic mass is 16.9. The van der Waals surface area contributed by atoms with E-state index in [1.807, 2.05) is 111 Å². The van der Waals surface area contributed by atoms with Crippen LogP contribution >= 0.6 is 0 Å². The molecule has 0 aromatic rings. The maximum Gasteiger partial charge on any atom is 0.226 e. The van der Waals surface area contributed by atoms with Gasteiger partial charge in [-0.3, -0.25) is 0 Å². The van der Waals surface area contributed by atoms with Crippen molar-refractivity contribution in [2.75, 3.05) is 13.2 Å². The molecule has 2 rings (SSSR count). The summed E-state index contributed by atoms with van der Waals surface area (Å²) in [6.07, 6.45) is -6.42. The smallest absolute Gasteiger partial charge is 0.226 e. The highest BCUT2D eigenvalue weighted by molar-refractivity contribution is 5.00. The Balaban J connectivity index is 2.73. The summed E-state index contributed by atoms with van der Waals surface area (Å²) >= 11 is 0. The minimum atomic E-state index is -1.49. The van der Waals surface area contributed by atoms with Crippen LogP contribution in [0.4, 0.5) is 0 Å². The molecule has 2 aliphatic rings. The summed E-state index contributed by atoms with van der Waals surface area (Å²) in [7, 11) is 0. The predicted molar refractivity (Wildman–Crippen MR) is 176 cm³/mol. The molecule has 11 nitrogen and oxygen atoms in total. The topological polar surface area (TPSA) is 102 Å². The molecular formula is C35H68O11. The Hall–Kier alpha value is -0.440. The van der Waals surface area contributed by atoms with Crippen molar-refractivity contribution in [3.63, 3.8) is 0 Å². The molecule has 0 bridgehead atoms. The van der Waals surface area contributed by atoms with Gasteiger partial charge in [-0.05, 0) is 111 Å². The lowest BCUT2D eigenvalue weighted by Crippen LogP contribution is -2.66. The molecule has 0 aliphatic carbocycles. The first-order chi connectivity index (χ1) is 21.3. The summed E-state index contributed by atoms with van der Waals surface area (Å²) in [5.41, 5.74) is 0. The van der Waals surface area contributed by atoms with Crippen molar-refractivity contribution in [3.05, 3.63) is 0 Å². The van der Waals surface area contributed by atoms with Crippen molar-refractivity contribution < 1.29 is 52.1 Å². The molecule has 9 atom stereocenters. The van der Waals surface area contributed by atoms with Gasteiger partial charge in [0.25, 0.3) is 0 Å². The zero-order chi connectivity index (χ0) is 34.9. The average molecular weight is 665 g/mol. The maximum absolute atomic E-state index is 7.07. The molecule has 0 saturated carbocycles. The van der Waals surface area contributed by atoms with E-state index in [-0.39, 0.29) is 62.0 Å². The van der Waals surface area contributed by atoms with E-state index < -0.39 is 55.0 Å². The Kier molecular flexibility index (Phi) is 17.3. The van der Waals surface area contributed by atoms with Crippen LogP contribution in [0.15, 0.2) is 0 Å². The summed E-state index contributed by atoms with van der Waals surface area (Å²) in [6, 6.07) is 0. The van der Waals surface area contributed by atoms with Gasteiger partial charge in [0.15, 0.2) is 12.6 Å². The number of hydrogen-bond donors (Lipinski definition) is 0. The quantitative estimate of drug-likeness (QED) is 0.153. The Bertz CT molecular complexity index is 833. The number of ether oxygens (including phenoxy) is 11. The molecule has 2 saturated heterocycles. The molecule has 11 heteroatoms. The monoisotopic (exact) mass is 664 g/mol. The van der Waals surface area contributed by atoms with Crippen molar-refractivity contribution in [3.8, 4) is 0 Å². The first kappa shape index (κ1) is 41.7. The predicted octanol–water partition coefficient (Wildman–Crippen LogP) is 6.02. The van der Waals surface area contributed by atoms with Gasteiger partial charge in [0, 0.05) is 0 Å². The van der Waals surface area contributed by atoms with Crippen LogP contribution in [0.25, 0.3) is 0 Å². The fraction of sp³-hybridized carbons (Fsp3) is 1.00. The average Bonchev–Trinajstić information content (AvgIpc) is 3.14. The maximum atomic E-state index is 7.07. The van der Waals surface area contributed by atoms with Crippen molar-refractivity contribution in [2.45, 2.75) is 215 Å². The highest BCUT2D eigenvalue weighted by Crippen LogP contribution is 2.43. The molecule has 2 heterocycles. The van der Waals surface area contributed by atoms with Gasteiger partial charge in [0.05, 0.1) is 55.4 Å². The Morgan fingerprint density at radius 2 is 0.913 bits per heavy atom. The summed E-state index contributed by atoms with van der Waals surface area (Å²) in [5, 5.41) is 0. The number of hydrogen-bond acceptors (Lipinski definition) is 11. The van der Waals surface area contributed by atoms with E-state index >= 15 is 0 Å². The fourth-order valence-electron chi connectivity index (χ4n) is 5.55. The lowest BCUT2D eigenvalue weighted by atomic mass is 9.97. The van der Waals surface area contributed by atoms with Crippen molar-refractivity contribution in [2.24, 2.45) is 0 Å². The van der Waals surface area contributed by atoms with Crippen LogP contribution in [0.3, 0.4) is 0 Å². The van der Waals surface area contributed by atoms with E-state index in [0.29, 0.717) is 0 Å². The Morgan fingerprint density at radius 1 is 0.457 bits per heavy atom. The van der Waals surface area contributed by atoms with Crippen LogP contribution < -0.4 is 0 Å². The minimum Gasteiger partial charge on any atom is -0.376 e. The zero-order valence-corrected chi connectivity index (χ0v) is 31.6. The van der Waals surface area contributed by atoms with Gasteiger partial charge in [-0.15, -0.1) is 0 Å². The summed E-state index contributed by atoms with van der Waals surface area (Å²) < 4.78 is 72.1. The molecule has 9 unspecified atom stereocenters. The Labute approximate surface area is 279 Å². The SMILES string of the molecule is CC(C)OCC1OC(OC2(COC(C)C)OC(OC(C)C)C(OC(C)C)C2OC(C)C)C(OC(C)C)C(OC(C)C)C1OC(C)C. The molecule has 46 heavy (non-hydrogen) atoms. The van der Waals surface area contributed by atoms with Crippen LogP contribution in [0.2, 0.25) is 0 Å². The van der Waals surface area contributed by atoms with Gasteiger partial charge in [0.1, 0.15) is 43.2 Å². The third-order valence-electron chi connectivity index (χ3n) is 6.98. The van der Waals surface area contributed by atoms with E-state index in [4.69, 9.17) is 52.1 Å². The van der Waals surface area contributed by atoms with Gasteiger partial charge in [0.2, 0.25) is 5.79 Å². The second-order valence-electron chi connectivity index (χ2n) is 14.6. The van der Waals surface area contributed by atoms with Crippen molar-refractivity contribution >= 4 is 0 Å². The molecule has 274 valence electrons. The first-order valence-electron chi connectivity index (χ1n) is 17.5. The second-order valence-corrected chi connectivity index (χ2v) is 14.6. The summed E-state index contributed by atoms with van der Waals surface area (Å²) in [5.74, 6) is -1.49. The Morgan fingerprint density at radius 3 is 1.39 bits per heavy atom.